The van der Waals surface area contributed by atoms with Gasteiger partial charge in [-0.2, -0.15) is 15.5 Å². The fraction of sp³-hybridized carbons (Fsp3) is 0.263. The van der Waals surface area contributed by atoms with Gasteiger partial charge in [-0.1, -0.05) is 12.1 Å². The molecular weight excluding hydrogens is 330 g/mol. The van der Waals surface area contributed by atoms with Crippen LogP contribution in [0.3, 0.4) is 0 Å². The minimum atomic E-state index is -0.435. The molecule has 0 saturated carbocycles. The van der Waals surface area contributed by atoms with E-state index in [1.165, 1.54) is 0 Å². The number of nitrogens with zero attached hydrogens (tertiary/aromatic N) is 4. The van der Waals surface area contributed by atoms with Gasteiger partial charge in [-0.15, -0.1) is 0 Å². The molecule has 0 atom stereocenters. The minimum Gasteiger partial charge on any atom is -0.461 e. The van der Waals surface area contributed by atoms with Gasteiger partial charge in [0.25, 0.3) is 0 Å². The van der Waals surface area contributed by atoms with Crippen molar-refractivity contribution >= 4 is 5.97 Å². The van der Waals surface area contributed by atoms with Crippen LogP contribution in [0.4, 0.5) is 0 Å². The van der Waals surface area contributed by atoms with E-state index in [2.05, 4.69) is 21.4 Å². The molecule has 7 nitrogen and oxygen atoms in total. The first-order chi connectivity index (χ1) is 12.7. The van der Waals surface area contributed by atoms with E-state index < -0.39 is 5.97 Å². The minimum absolute atomic E-state index is 0.292. The van der Waals surface area contributed by atoms with E-state index in [1.54, 1.807) is 19.2 Å². The molecule has 1 aliphatic rings. The summed E-state index contributed by atoms with van der Waals surface area (Å²) in [5.74, 6) is -0.435. The molecule has 0 amide bonds. The van der Waals surface area contributed by atoms with Crippen LogP contribution in [0.25, 0.3) is 11.3 Å². The van der Waals surface area contributed by atoms with Crippen molar-refractivity contribution in [3.8, 4) is 17.3 Å². The number of fused-ring (bicyclic) bond motifs is 3. The Labute approximate surface area is 150 Å². The molecule has 0 radical (unpaired) electrons. The number of H-pyrrole nitrogens is 1. The normalized spacial score (nSPS) is 12.2. The number of aromatic amines is 1. The summed E-state index contributed by atoms with van der Waals surface area (Å²) in [6.07, 6.45) is 3.40. The summed E-state index contributed by atoms with van der Waals surface area (Å²) < 4.78 is 7.03. The first-order valence-electron chi connectivity index (χ1n) is 8.49. The van der Waals surface area contributed by atoms with E-state index >= 15 is 0 Å². The summed E-state index contributed by atoms with van der Waals surface area (Å²) in [7, 11) is 0. The van der Waals surface area contributed by atoms with E-state index in [4.69, 9.17) is 10.00 Å². The topological polar surface area (TPSA) is 96.6 Å². The Morgan fingerprint density at radius 2 is 2.31 bits per heavy atom. The zero-order valence-electron chi connectivity index (χ0n) is 14.3. The van der Waals surface area contributed by atoms with Crippen molar-refractivity contribution in [2.24, 2.45) is 0 Å². The third-order valence-corrected chi connectivity index (χ3v) is 4.51. The van der Waals surface area contributed by atoms with Gasteiger partial charge in [-0.3, -0.25) is 9.78 Å². The van der Waals surface area contributed by atoms with Crippen molar-refractivity contribution in [2.75, 3.05) is 6.61 Å². The number of esters is 1. The third kappa shape index (κ3) is 2.65. The van der Waals surface area contributed by atoms with Crippen LogP contribution in [0.5, 0.6) is 0 Å². The Bertz CT molecular complexity index is 1020. The summed E-state index contributed by atoms with van der Waals surface area (Å²) in [6, 6.07) is 9.55. The number of rotatable bonds is 4. The number of hydrogen-bond acceptors (Lipinski definition) is 5. The Balaban J connectivity index is 1.80. The number of hydrogen-bond donors (Lipinski definition) is 1. The maximum atomic E-state index is 12.4. The van der Waals surface area contributed by atoms with E-state index in [-0.39, 0.29) is 0 Å². The van der Waals surface area contributed by atoms with E-state index in [9.17, 15) is 4.79 Å². The molecule has 130 valence electrons. The molecule has 26 heavy (non-hydrogen) atoms. The van der Waals surface area contributed by atoms with Crippen molar-refractivity contribution < 1.29 is 9.53 Å². The molecule has 7 heteroatoms. The zero-order chi connectivity index (χ0) is 18.1. The summed E-state index contributed by atoms with van der Waals surface area (Å²) in [5, 5.41) is 20.8. The van der Waals surface area contributed by atoms with Gasteiger partial charge in [0.2, 0.25) is 0 Å². The van der Waals surface area contributed by atoms with Crippen LogP contribution in [0.1, 0.15) is 39.8 Å². The van der Waals surface area contributed by atoms with Crippen LogP contribution in [0, 0.1) is 11.3 Å². The van der Waals surface area contributed by atoms with E-state index in [1.807, 2.05) is 22.9 Å². The molecule has 1 aliphatic carbocycles. The van der Waals surface area contributed by atoms with Crippen LogP contribution in [-0.4, -0.2) is 32.6 Å². The van der Waals surface area contributed by atoms with Gasteiger partial charge < -0.3 is 4.74 Å². The standard InChI is InChI=1S/C19H17N5O2/c1-2-26-19(25)18-16-15(7-6-14-10-21-22-17(14)16)24(23-18)11-13-5-3-4-12(8-13)9-20/h3-5,8,10H,2,6-7,11H2,1H3,(H,21,22). The zero-order valence-corrected chi connectivity index (χ0v) is 14.3. The summed E-state index contributed by atoms with van der Waals surface area (Å²) in [5.41, 5.74) is 5.54. The second kappa shape index (κ2) is 6.48. The second-order valence-electron chi connectivity index (χ2n) is 6.13. The molecule has 1 aromatic carbocycles. The summed E-state index contributed by atoms with van der Waals surface area (Å²) in [4.78, 5) is 12.4. The van der Waals surface area contributed by atoms with Gasteiger partial charge in [0.1, 0.15) is 0 Å². The maximum Gasteiger partial charge on any atom is 0.359 e. The molecule has 0 saturated heterocycles. The first kappa shape index (κ1) is 16.1. The van der Waals surface area contributed by atoms with Gasteiger partial charge in [0, 0.05) is 5.69 Å². The molecule has 4 rings (SSSR count). The highest BCUT2D eigenvalue weighted by atomic mass is 16.5. The average Bonchev–Trinajstić information content (AvgIpc) is 3.26. The Morgan fingerprint density at radius 3 is 3.12 bits per heavy atom. The number of ether oxygens (including phenoxy) is 1. The van der Waals surface area contributed by atoms with Gasteiger partial charge in [-0.05, 0) is 43.0 Å². The first-order valence-corrected chi connectivity index (χ1v) is 8.49. The van der Waals surface area contributed by atoms with E-state index in [0.29, 0.717) is 24.4 Å². The lowest BCUT2D eigenvalue weighted by molar-refractivity contribution is 0.0519. The lowest BCUT2D eigenvalue weighted by Crippen LogP contribution is -2.10. The molecule has 0 spiro atoms. The molecular formula is C19H17N5O2. The highest BCUT2D eigenvalue weighted by molar-refractivity contribution is 5.96. The lowest BCUT2D eigenvalue weighted by atomic mass is 9.94. The summed E-state index contributed by atoms with van der Waals surface area (Å²) >= 11 is 0. The van der Waals surface area contributed by atoms with Crippen LogP contribution < -0.4 is 0 Å². The van der Waals surface area contributed by atoms with E-state index in [0.717, 1.165) is 40.9 Å². The highest BCUT2D eigenvalue weighted by Crippen LogP contribution is 2.35. The van der Waals surface area contributed by atoms with Crippen LogP contribution in [0.2, 0.25) is 0 Å². The number of carbonyl (C=O) groups is 1. The van der Waals surface area contributed by atoms with Gasteiger partial charge in [0.05, 0.1) is 42.2 Å². The smallest absolute Gasteiger partial charge is 0.359 e. The number of aromatic nitrogens is 4. The molecule has 0 fully saturated rings. The molecule has 3 aromatic rings. The number of carbonyl (C=O) groups excluding carboxylic acids is 1. The monoisotopic (exact) mass is 347 g/mol. The summed E-state index contributed by atoms with van der Waals surface area (Å²) in [6.45, 7) is 2.55. The van der Waals surface area contributed by atoms with Crippen LogP contribution >= 0.6 is 0 Å². The largest absolute Gasteiger partial charge is 0.461 e. The van der Waals surface area contributed by atoms with Crippen molar-refractivity contribution in [2.45, 2.75) is 26.3 Å². The molecule has 1 N–H and O–H groups in total. The van der Waals surface area contributed by atoms with Crippen molar-refractivity contribution in [3.63, 3.8) is 0 Å². The second-order valence-corrected chi connectivity index (χ2v) is 6.13. The van der Waals surface area contributed by atoms with Gasteiger partial charge >= 0.3 is 5.97 Å². The third-order valence-electron chi connectivity index (χ3n) is 4.51. The maximum absolute atomic E-state index is 12.4. The fourth-order valence-corrected chi connectivity index (χ4v) is 3.37. The Morgan fingerprint density at radius 1 is 1.42 bits per heavy atom. The Hall–Kier alpha value is -3.40. The molecule has 0 unspecified atom stereocenters. The van der Waals surface area contributed by atoms with Gasteiger partial charge in [0.15, 0.2) is 5.69 Å². The van der Waals surface area contributed by atoms with Crippen LogP contribution in [0.15, 0.2) is 30.5 Å². The molecule has 0 aliphatic heterocycles. The highest BCUT2D eigenvalue weighted by Gasteiger charge is 2.30. The number of nitriles is 1. The molecule has 0 bridgehead atoms. The molecule has 2 aromatic heterocycles. The quantitative estimate of drug-likeness (QED) is 0.731. The number of nitrogens with one attached hydrogen (secondary N) is 1. The van der Waals surface area contributed by atoms with Crippen molar-refractivity contribution in [1.82, 2.24) is 20.0 Å². The number of benzene rings is 1. The van der Waals surface area contributed by atoms with Gasteiger partial charge in [-0.25, -0.2) is 4.79 Å². The van der Waals surface area contributed by atoms with Crippen molar-refractivity contribution in [1.29, 1.82) is 5.26 Å². The van der Waals surface area contributed by atoms with Crippen molar-refractivity contribution in [3.05, 3.63) is 58.5 Å². The molecule has 2 heterocycles. The van der Waals surface area contributed by atoms with Crippen LogP contribution in [-0.2, 0) is 24.1 Å². The fourth-order valence-electron chi connectivity index (χ4n) is 3.37. The SMILES string of the molecule is CCOC(=O)c1nn(Cc2cccc(C#N)c2)c2c1-c1[nH]ncc1CC2. The number of aryl methyl sites for hydroxylation is 1. The lowest BCUT2D eigenvalue weighted by Gasteiger charge is -2.14. The average molecular weight is 347 g/mol. The predicted octanol–water partition coefficient (Wildman–Crippen LogP) is 2.47. The Kier molecular flexibility index (Phi) is 4.01. The predicted molar refractivity (Wildman–Crippen MR) is 93.4 cm³/mol.